The Balaban J connectivity index is 0.00000121. The lowest BCUT2D eigenvalue weighted by Gasteiger charge is -2.41. The number of rotatable bonds is 3. The molecule has 2 nitrogen and oxygen atoms in total. The minimum Gasteiger partial charge on any atom is -0.314 e. The molecule has 0 amide bonds. The van der Waals surface area contributed by atoms with Gasteiger partial charge in [-0.15, -0.1) is 24.8 Å². The molecule has 0 spiro atoms. The third kappa shape index (κ3) is 5.01. The summed E-state index contributed by atoms with van der Waals surface area (Å²) in [6.07, 6.45) is 6.96. The first-order valence-electron chi connectivity index (χ1n) is 8.05. The first-order chi connectivity index (χ1) is 9.84. The lowest BCUT2D eigenvalue weighted by molar-refractivity contribution is 0.103. The van der Waals surface area contributed by atoms with Crippen molar-refractivity contribution in [2.24, 2.45) is 5.92 Å². The molecule has 5 heteroatoms. The molecule has 0 unspecified atom stereocenters. The van der Waals surface area contributed by atoms with Crippen LogP contribution >= 0.6 is 36.4 Å². The number of hydrogen-bond acceptors (Lipinski definition) is 2. The Morgan fingerprint density at radius 3 is 2.36 bits per heavy atom. The van der Waals surface area contributed by atoms with Gasteiger partial charge in [0.05, 0.1) is 0 Å². The fourth-order valence-electron chi connectivity index (χ4n) is 3.88. The monoisotopic (exact) mass is 364 g/mol. The van der Waals surface area contributed by atoms with Crippen LogP contribution in [0.3, 0.4) is 0 Å². The second-order valence-corrected chi connectivity index (χ2v) is 6.62. The van der Waals surface area contributed by atoms with Crippen molar-refractivity contribution in [2.45, 2.75) is 38.1 Å². The van der Waals surface area contributed by atoms with Crippen LogP contribution in [0.1, 0.15) is 43.7 Å². The maximum atomic E-state index is 6.24. The number of hydrogen-bond donors (Lipinski definition) is 1. The van der Waals surface area contributed by atoms with Crippen molar-refractivity contribution >= 4 is 36.4 Å². The zero-order valence-corrected chi connectivity index (χ0v) is 15.4. The molecular weight excluding hydrogens is 339 g/mol. The molecule has 1 saturated heterocycles. The summed E-state index contributed by atoms with van der Waals surface area (Å²) in [4.78, 5) is 2.68. The van der Waals surface area contributed by atoms with Gasteiger partial charge >= 0.3 is 0 Å². The van der Waals surface area contributed by atoms with Crippen molar-refractivity contribution in [2.75, 3.05) is 26.2 Å². The minimum atomic E-state index is 0. The quantitative estimate of drug-likeness (QED) is 0.834. The molecule has 2 fully saturated rings. The summed E-state index contributed by atoms with van der Waals surface area (Å²) in [7, 11) is 0. The maximum Gasteiger partial charge on any atom is 0.0409 e. The molecule has 2 aliphatic rings. The van der Waals surface area contributed by atoms with E-state index in [4.69, 9.17) is 11.6 Å². The van der Waals surface area contributed by atoms with Crippen LogP contribution in [0.2, 0.25) is 5.02 Å². The van der Waals surface area contributed by atoms with Crippen molar-refractivity contribution in [3.63, 3.8) is 0 Å². The predicted molar refractivity (Wildman–Crippen MR) is 99.7 cm³/mol. The molecule has 1 aromatic rings. The summed E-state index contributed by atoms with van der Waals surface area (Å²) in [5.74, 6) is 0.806. The normalized spacial score (nSPS) is 21.5. The highest BCUT2D eigenvalue weighted by Gasteiger charge is 2.30. The van der Waals surface area contributed by atoms with E-state index < -0.39 is 0 Å². The van der Waals surface area contributed by atoms with Crippen molar-refractivity contribution in [3.8, 4) is 0 Å². The van der Waals surface area contributed by atoms with Crippen LogP contribution < -0.4 is 5.32 Å². The average Bonchev–Trinajstić information content (AvgIpc) is 2.50. The van der Waals surface area contributed by atoms with Gasteiger partial charge in [0.15, 0.2) is 0 Å². The third-order valence-corrected chi connectivity index (χ3v) is 5.07. The molecule has 1 N–H and O–H groups in total. The van der Waals surface area contributed by atoms with Crippen LogP contribution in [0.5, 0.6) is 0 Å². The lowest BCUT2D eigenvalue weighted by Crippen LogP contribution is -2.47. The number of nitrogens with zero attached hydrogens (tertiary/aromatic N) is 1. The van der Waals surface area contributed by atoms with Crippen LogP contribution in [-0.2, 0) is 0 Å². The molecule has 0 bridgehead atoms. The average molecular weight is 366 g/mol. The van der Waals surface area contributed by atoms with Gasteiger partial charge in [-0.25, -0.2) is 0 Å². The van der Waals surface area contributed by atoms with E-state index in [2.05, 4.69) is 28.4 Å². The predicted octanol–water partition coefficient (Wildman–Crippen LogP) is 4.71. The van der Waals surface area contributed by atoms with E-state index in [-0.39, 0.29) is 24.8 Å². The summed E-state index contributed by atoms with van der Waals surface area (Å²) in [5.41, 5.74) is 1.42. The largest absolute Gasteiger partial charge is 0.314 e. The Morgan fingerprint density at radius 2 is 1.73 bits per heavy atom. The zero-order valence-electron chi connectivity index (χ0n) is 13.0. The molecule has 1 saturated carbocycles. The van der Waals surface area contributed by atoms with Gasteiger partial charge in [0.1, 0.15) is 0 Å². The molecule has 3 rings (SSSR count). The topological polar surface area (TPSA) is 15.3 Å². The fraction of sp³-hybridized carbons (Fsp3) is 0.647. The Hall–Kier alpha value is 0.01000. The fourth-order valence-corrected chi connectivity index (χ4v) is 4.08. The van der Waals surface area contributed by atoms with E-state index in [0.717, 1.165) is 37.1 Å². The molecule has 126 valence electrons. The molecule has 0 aromatic heterocycles. The van der Waals surface area contributed by atoms with E-state index in [0.29, 0.717) is 6.04 Å². The summed E-state index contributed by atoms with van der Waals surface area (Å²) in [6, 6.07) is 9.11. The Kier molecular flexibility index (Phi) is 9.11. The number of piperazine rings is 1. The van der Waals surface area contributed by atoms with Gasteiger partial charge in [-0.1, -0.05) is 43.0 Å². The Bertz CT molecular complexity index is 412. The van der Waals surface area contributed by atoms with E-state index in [1.807, 2.05) is 6.07 Å². The molecule has 0 radical (unpaired) electrons. The van der Waals surface area contributed by atoms with Crippen molar-refractivity contribution in [1.82, 2.24) is 10.2 Å². The van der Waals surface area contributed by atoms with Gasteiger partial charge in [0.25, 0.3) is 0 Å². The van der Waals surface area contributed by atoms with E-state index in [9.17, 15) is 0 Å². The molecule has 1 heterocycles. The summed E-state index contributed by atoms with van der Waals surface area (Å²) in [6.45, 7) is 4.55. The second-order valence-electron chi connectivity index (χ2n) is 6.18. The maximum absolute atomic E-state index is 6.24. The van der Waals surface area contributed by atoms with Crippen LogP contribution in [0.15, 0.2) is 24.3 Å². The van der Waals surface area contributed by atoms with Crippen molar-refractivity contribution in [1.29, 1.82) is 0 Å². The summed E-state index contributed by atoms with van der Waals surface area (Å²) >= 11 is 6.24. The molecule has 1 aliphatic heterocycles. The molecular formula is C17H27Cl3N2. The van der Waals surface area contributed by atoms with Gasteiger partial charge in [-0.3, -0.25) is 4.90 Å². The Labute approximate surface area is 151 Å². The van der Waals surface area contributed by atoms with E-state index >= 15 is 0 Å². The highest BCUT2D eigenvalue weighted by molar-refractivity contribution is 6.30. The smallest absolute Gasteiger partial charge is 0.0409 e. The van der Waals surface area contributed by atoms with Crippen LogP contribution in [0.25, 0.3) is 0 Å². The van der Waals surface area contributed by atoms with Crippen molar-refractivity contribution in [3.05, 3.63) is 34.9 Å². The number of halogens is 3. The van der Waals surface area contributed by atoms with Crippen LogP contribution in [0, 0.1) is 5.92 Å². The molecule has 1 aliphatic carbocycles. The highest BCUT2D eigenvalue weighted by atomic mass is 35.5. The summed E-state index contributed by atoms with van der Waals surface area (Å²) in [5, 5.41) is 4.34. The van der Waals surface area contributed by atoms with Crippen LogP contribution in [-0.4, -0.2) is 31.1 Å². The third-order valence-electron chi connectivity index (χ3n) is 4.83. The Morgan fingerprint density at radius 1 is 1.05 bits per heavy atom. The van der Waals surface area contributed by atoms with Gasteiger partial charge in [0, 0.05) is 37.2 Å². The standard InChI is InChI=1S/C17H25ClN2.2ClH/c18-16-8-4-7-15(13-16)17(14-5-2-1-3-6-14)20-11-9-19-10-12-20;;/h4,7-8,13-14,17,19H,1-3,5-6,9-12H2;2*1H/t17-;;/m0../s1. The SMILES string of the molecule is Cl.Cl.Clc1cccc([C@H](C2CCCCC2)N2CCNCC2)c1. The van der Waals surface area contributed by atoms with Gasteiger partial charge in [0.2, 0.25) is 0 Å². The first-order valence-corrected chi connectivity index (χ1v) is 8.42. The van der Waals surface area contributed by atoms with Gasteiger partial charge in [-0.05, 0) is 36.5 Å². The van der Waals surface area contributed by atoms with E-state index in [1.165, 1.54) is 37.7 Å². The van der Waals surface area contributed by atoms with Crippen LogP contribution in [0.4, 0.5) is 0 Å². The lowest BCUT2D eigenvalue weighted by atomic mass is 9.80. The molecule has 1 aromatic carbocycles. The van der Waals surface area contributed by atoms with Gasteiger partial charge in [-0.2, -0.15) is 0 Å². The molecule has 22 heavy (non-hydrogen) atoms. The summed E-state index contributed by atoms with van der Waals surface area (Å²) < 4.78 is 0. The zero-order chi connectivity index (χ0) is 13.8. The number of nitrogens with one attached hydrogen (secondary N) is 1. The second kappa shape index (κ2) is 10.00. The highest BCUT2D eigenvalue weighted by Crippen LogP contribution is 2.39. The molecule has 1 atom stereocenters. The number of benzene rings is 1. The van der Waals surface area contributed by atoms with Crippen molar-refractivity contribution < 1.29 is 0 Å². The first kappa shape index (κ1) is 20.1. The van der Waals surface area contributed by atoms with E-state index in [1.54, 1.807) is 0 Å². The minimum absolute atomic E-state index is 0. The van der Waals surface area contributed by atoms with Gasteiger partial charge < -0.3 is 5.32 Å².